The fraction of sp³-hybridized carbons (Fsp3) is 0.520. The first-order valence-electron chi connectivity index (χ1n) is 12.5. The molecule has 3 rings (SSSR count). The Hall–Kier alpha value is -4.60. The maximum Gasteiger partial charge on any atom is 0.303 e. The summed E-state index contributed by atoms with van der Waals surface area (Å²) in [5.41, 5.74) is 0.642. The van der Waals surface area contributed by atoms with Gasteiger partial charge in [0, 0.05) is 52.3 Å². The predicted molar refractivity (Wildman–Crippen MR) is 136 cm³/mol. The van der Waals surface area contributed by atoms with E-state index in [4.69, 9.17) is 23.7 Å². The number of ether oxygens (including phenoxy) is 5. The summed E-state index contributed by atoms with van der Waals surface area (Å²) in [5.74, 6) is -3.49. The second-order valence-corrected chi connectivity index (χ2v) is 9.29. The Bertz CT molecular complexity index is 1220. The number of esters is 4. The van der Waals surface area contributed by atoms with Crippen molar-refractivity contribution < 1.29 is 52.6 Å². The number of carbonyl (C=O) groups is 5. The molecule has 0 aromatic heterocycles. The highest BCUT2D eigenvalue weighted by molar-refractivity contribution is 5.99. The van der Waals surface area contributed by atoms with Gasteiger partial charge in [0.15, 0.2) is 24.5 Å². The van der Waals surface area contributed by atoms with Crippen molar-refractivity contribution in [2.24, 2.45) is 4.99 Å². The van der Waals surface area contributed by atoms with E-state index in [1.165, 1.54) is 12.1 Å². The van der Waals surface area contributed by atoms with Gasteiger partial charge in [-0.15, -0.1) is 0 Å². The zero-order valence-corrected chi connectivity index (χ0v) is 22.7. The summed E-state index contributed by atoms with van der Waals surface area (Å²) in [6.07, 6.45) is -6.47. The van der Waals surface area contributed by atoms with Crippen LogP contribution in [0.5, 0.6) is 0 Å². The molecule has 41 heavy (non-hydrogen) atoms. The summed E-state index contributed by atoms with van der Waals surface area (Å²) >= 11 is 0. The number of aliphatic imine (C=N–C) groups is 1. The van der Waals surface area contributed by atoms with Gasteiger partial charge in [-0.3, -0.25) is 39.4 Å². The van der Waals surface area contributed by atoms with E-state index >= 15 is 0 Å². The summed E-state index contributed by atoms with van der Waals surface area (Å²) in [6, 6.07) is 5.37. The SMILES string of the molecule is CC(=O)OC[C@H]1O[C@H](/N=C2\NC(=O)C[C@H](Cc3ccc([N+](=O)[O-])cc3)N2)[C@H](OC(C)=O)[C@@H](OC(C)=O)[C@@H]1OC(C)=O. The van der Waals surface area contributed by atoms with Gasteiger partial charge in [0.05, 0.1) is 4.92 Å². The third-order valence-electron chi connectivity index (χ3n) is 5.88. The van der Waals surface area contributed by atoms with Crippen LogP contribution in [0.2, 0.25) is 0 Å². The second-order valence-electron chi connectivity index (χ2n) is 9.29. The van der Waals surface area contributed by atoms with E-state index in [-0.39, 0.29) is 18.1 Å². The largest absolute Gasteiger partial charge is 0.463 e. The van der Waals surface area contributed by atoms with Gasteiger partial charge >= 0.3 is 23.9 Å². The molecule has 2 saturated heterocycles. The van der Waals surface area contributed by atoms with Crippen LogP contribution >= 0.6 is 0 Å². The van der Waals surface area contributed by atoms with Gasteiger partial charge in [0.1, 0.15) is 12.7 Å². The zero-order valence-electron chi connectivity index (χ0n) is 22.7. The average Bonchev–Trinajstić information content (AvgIpc) is 2.85. The molecule has 1 amide bonds. The molecular formula is C25H30N4O12. The molecule has 0 aliphatic carbocycles. The van der Waals surface area contributed by atoms with Crippen molar-refractivity contribution in [1.29, 1.82) is 0 Å². The Morgan fingerprint density at radius 1 is 0.951 bits per heavy atom. The van der Waals surface area contributed by atoms with Crippen molar-refractivity contribution in [1.82, 2.24) is 10.6 Å². The Morgan fingerprint density at radius 3 is 2.10 bits per heavy atom. The lowest BCUT2D eigenvalue weighted by Gasteiger charge is -2.43. The first kappa shape index (κ1) is 30.9. The van der Waals surface area contributed by atoms with Crippen LogP contribution in [0.15, 0.2) is 29.3 Å². The number of rotatable bonds is 9. The number of nitrogens with one attached hydrogen (secondary N) is 2. The molecule has 2 aliphatic heterocycles. The normalized spacial score (nSPS) is 26.6. The van der Waals surface area contributed by atoms with Gasteiger partial charge in [-0.2, -0.15) is 0 Å². The first-order valence-corrected chi connectivity index (χ1v) is 12.5. The Labute approximate surface area is 233 Å². The van der Waals surface area contributed by atoms with Crippen LogP contribution in [0.4, 0.5) is 5.69 Å². The van der Waals surface area contributed by atoms with Crippen LogP contribution in [-0.2, 0) is 54.1 Å². The van der Waals surface area contributed by atoms with Gasteiger partial charge in [-0.1, -0.05) is 12.1 Å². The number of hydrogen-bond donors (Lipinski definition) is 2. The Morgan fingerprint density at radius 2 is 1.54 bits per heavy atom. The van der Waals surface area contributed by atoms with Crippen molar-refractivity contribution in [2.75, 3.05) is 6.61 Å². The van der Waals surface area contributed by atoms with E-state index in [1.807, 2.05) is 0 Å². The van der Waals surface area contributed by atoms with Crippen LogP contribution < -0.4 is 10.6 Å². The van der Waals surface area contributed by atoms with Crippen molar-refractivity contribution in [3.05, 3.63) is 39.9 Å². The average molecular weight is 579 g/mol. The predicted octanol–water partition coefficient (Wildman–Crippen LogP) is 0.0545. The lowest BCUT2D eigenvalue weighted by molar-refractivity contribution is -0.384. The molecular weight excluding hydrogens is 548 g/mol. The highest BCUT2D eigenvalue weighted by Gasteiger charge is 2.52. The number of hydrogen-bond acceptors (Lipinski definition) is 13. The Balaban J connectivity index is 1.92. The quantitative estimate of drug-likeness (QED) is 0.172. The number of nitro groups is 1. The van der Waals surface area contributed by atoms with E-state index in [0.29, 0.717) is 6.42 Å². The smallest absolute Gasteiger partial charge is 0.303 e. The third kappa shape index (κ3) is 8.96. The molecule has 1 aromatic rings. The summed E-state index contributed by atoms with van der Waals surface area (Å²) in [6.45, 7) is 4.02. The summed E-state index contributed by atoms with van der Waals surface area (Å²) in [7, 11) is 0. The second kappa shape index (κ2) is 13.6. The maximum atomic E-state index is 12.5. The highest BCUT2D eigenvalue weighted by Crippen LogP contribution is 2.30. The molecule has 222 valence electrons. The molecule has 16 nitrogen and oxygen atoms in total. The molecule has 0 radical (unpaired) electrons. The lowest BCUT2D eigenvalue weighted by Crippen LogP contribution is -2.63. The van der Waals surface area contributed by atoms with Gasteiger partial charge in [-0.05, 0) is 12.0 Å². The summed E-state index contributed by atoms with van der Waals surface area (Å²) in [4.78, 5) is 74.7. The number of carbonyl (C=O) groups excluding carboxylic acids is 5. The van der Waals surface area contributed by atoms with Crippen molar-refractivity contribution in [3.63, 3.8) is 0 Å². The van der Waals surface area contributed by atoms with Gasteiger partial charge in [0.25, 0.3) is 5.69 Å². The molecule has 6 atom stereocenters. The van der Waals surface area contributed by atoms with Crippen molar-refractivity contribution >= 4 is 41.4 Å². The number of amides is 1. The highest BCUT2D eigenvalue weighted by atomic mass is 16.7. The molecule has 0 spiro atoms. The molecule has 0 saturated carbocycles. The molecule has 1 aromatic carbocycles. The topological polar surface area (TPSA) is 211 Å². The summed E-state index contributed by atoms with van der Waals surface area (Å²) < 4.78 is 27.1. The van der Waals surface area contributed by atoms with E-state index in [2.05, 4.69) is 15.6 Å². The molecule has 0 bridgehead atoms. The van der Waals surface area contributed by atoms with Crippen LogP contribution in [-0.4, -0.2) is 84.0 Å². The zero-order chi connectivity index (χ0) is 30.3. The number of nitrogens with zero attached hydrogens (tertiary/aromatic N) is 2. The van der Waals surface area contributed by atoms with Gasteiger partial charge < -0.3 is 29.0 Å². The Kier molecular flexibility index (Phi) is 10.3. The van der Waals surface area contributed by atoms with Crippen LogP contribution in [0.3, 0.4) is 0 Å². The van der Waals surface area contributed by atoms with Gasteiger partial charge in [-0.25, -0.2) is 4.99 Å². The maximum absolute atomic E-state index is 12.5. The molecule has 0 unspecified atom stereocenters. The van der Waals surface area contributed by atoms with Gasteiger partial charge in [0.2, 0.25) is 11.9 Å². The molecule has 2 aliphatic rings. The van der Waals surface area contributed by atoms with Crippen LogP contribution in [0.1, 0.15) is 39.7 Å². The lowest BCUT2D eigenvalue weighted by atomic mass is 9.97. The van der Waals surface area contributed by atoms with Crippen LogP contribution in [0.25, 0.3) is 0 Å². The minimum Gasteiger partial charge on any atom is -0.463 e. The number of nitro benzene ring substituents is 1. The molecule has 16 heteroatoms. The van der Waals surface area contributed by atoms with E-state index in [9.17, 15) is 34.1 Å². The van der Waals surface area contributed by atoms with Crippen molar-refractivity contribution in [2.45, 2.75) is 77.2 Å². The standard InChI is InChI=1S/C25H30N4O12/c1-12(30)37-11-19-21(38-13(2)31)22(39-14(3)32)23(40-15(4)33)24(41-19)28-25-26-17(10-20(34)27-25)9-16-5-7-18(8-6-16)29(35)36/h5-8,17,19,21-24H,9-11H2,1-4H3,(H2,26,27,28,34)/t17-,19+,21+,22-,23+,24-/m0/s1. The fourth-order valence-electron chi connectivity index (χ4n) is 4.36. The minimum atomic E-state index is -1.43. The van der Waals surface area contributed by atoms with E-state index in [0.717, 1.165) is 33.3 Å². The fourth-order valence-corrected chi connectivity index (χ4v) is 4.36. The van der Waals surface area contributed by atoms with Crippen LogP contribution in [0, 0.1) is 10.1 Å². The minimum absolute atomic E-state index is 0.0502. The first-order chi connectivity index (χ1) is 19.3. The molecule has 2 N–H and O–H groups in total. The number of guanidine groups is 1. The number of non-ortho nitro benzene ring substituents is 1. The van der Waals surface area contributed by atoms with E-state index < -0.39 is 78.0 Å². The third-order valence-corrected chi connectivity index (χ3v) is 5.88. The van der Waals surface area contributed by atoms with E-state index in [1.54, 1.807) is 12.1 Å². The monoisotopic (exact) mass is 578 g/mol. The van der Waals surface area contributed by atoms with Crippen molar-refractivity contribution in [3.8, 4) is 0 Å². The molecule has 2 heterocycles. The molecule has 2 fully saturated rings. The summed E-state index contributed by atoms with van der Waals surface area (Å²) in [5, 5.41) is 16.5. The number of benzene rings is 1.